The first-order valence-corrected chi connectivity index (χ1v) is 5.36. The number of hydrogen-bond donors (Lipinski definition) is 3. The molecule has 17 heavy (non-hydrogen) atoms. The number of rotatable bonds is 4. The van der Waals surface area contributed by atoms with Gasteiger partial charge in [-0.3, -0.25) is 4.79 Å². The van der Waals surface area contributed by atoms with E-state index in [2.05, 4.69) is 15.4 Å². The van der Waals surface area contributed by atoms with Crippen molar-refractivity contribution in [2.75, 3.05) is 13.7 Å². The van der Waals surface area contributed by atoms with E-state index in [4.69, 9.17) is 5.11 Å². The molecule has 1 aliphatic carbocycles. The van der Waals surface area contributed by atoms with Crippen LogP contribution in [0.15, 0.2) is 0 Å². The van der Waals surface area contributed by atoms with Crippen LogP contribution in [0.5, 0.6) is 0 Å². The topological polar surface area (TPSA) is 105 Å². The first-order valence-electron chi connectivity index (χ1n) is 5.36. The molecule has 0 bridgehead atoms. The normalized spacial score (nSPS) is 17.2. The number of esters is 1. The largest absolute Gasteiger partial charge is 0.480 e. The fourth-order valence-corrected chi connectivity index (χ4v) is 1.86. The Hall–Kier alpha value is -1.79. The van der Waals surface area contributed by atoms with E-state index in [1.165, 1.54) is 7.11 Å². The summed E-state index contributed by atoms with van der Waals surface area (Å²) >= 11 is 0. The van der Waals surface area contributed by atoms with Crippen LogP contribution in [0.1, 0.15) is 25.7 Å². The van der Waals surface area contributed by atoms with Crippen LogP contribution in [0.2, 0.25) is 0 Å². The maximum absolute atomic E-state index is 11.4. The standard InChI is InChI=1S/C10H16N2O5/c1-17-7(13)6-11-9(16)12-10(8(14)15)4-2-3-5-10/h2-6H2,1H3,(H,14,15)(H2,11,12,16). The van der Waals surface area contributed by atoms with Gasteiger partial charge in [0.25, 0.3) is 0 Å². The molecule has 0 spiro atoms. The Balaban J connectivity index is 2.48. The SMILES string of the molecule is COC(=O)CNC(=O)NC1(C(=O)O)CCCC1. The Kier molecular flexibility index (Phi) is 4.30. The molecule has 0 saturated heterocycles. The van der Waals surface area contributed by atoms with Gasteiger partial charge in [0.2, 0.25) is 0 Å². The number of carbonyl (C=O) groups is 3. The van der Waals surface area contributed by atoms with Gasteiger partial charge >= 0.3 is 18.0 Å². The van der Waals surface area contributed by atoms with Gasteiger partial charge in [-0.2, -0.15) is 0 Å². The number of carboxylic acids is 1. The van der Waals surface area contributed by atoms with Crippen molar-refractivity contribution < 1.29 is 24.2 Å². The van der Waals surface area contributed by atoms with Crippen molar-refractivity contribution in [1.82, 2.24) is 10.6 Å². The summed E-state index contributed by atoms with van der Waals surface area (Å²) in [5.41, 5.74) is -1.19. The Morgan fingerprint density at radius 3 is 2.35 bits per heavy atom. The summed E-state index contributed by atoms with van der Waals surface area (Å²) in [5, 5.41) is 13.8. The number of hydrogen-bond acceptors (Lipinski definition) is 4. The molecule has 0 radical (unpaired) electrons. The van der Waals surface area contributed by atoms with Crippen LogP contribution in [0, 0.1) is 0 Å². The van der Waals surface area contributed by atoms with Crippen molar-refractivity contribution in [3.63, 3.8) is 0 Å². The summed E-state index contributed by atoms with van der Waals surface area (Å²) in [6.45, 7) is -0.280. The summed E-state index contributed by atoms with van der Waals surface area (Å²) in [7, 11) is 1.21. The minimum atomic E-state index is -1.19. The van der Waals surface area contributed by atoms with Gasteiger partial charge in [0.15, 0.2) is 0 Å². The van der Waals surface area contributed by atoms with Gasteiger partial charge in [0.1, 0.15) is 12.1 Å². The van der Waals surface area contributed by atoms with Crippen LogP contribution in [-0.2, 0) is 14.3 Å². The second-order valence-corrected chi connectivity index (χ2v) is 3.98. The van der Waals surface area contributed by atoms with Crippen LogP contribution < -0.4 is 10.6 Å². The molecule has 1 saturated carbocycles. The first kappa shape index (κ1) is 13.3. The second-order valence-electron chi connectivity index (χ2n) is 3.98. The van der Waals surface area contributed by atoms with Gasteiger partial charge in [0, 0.05) is 0 Å². The maximum atomic E-state index is 11.4. The van der Waals surface area contributed by atoms with E-state index in [-0.39, 0.29) is 6.54 Å². The molecule has 0 heterocycles. The second kappa shape index (κ2) is 5.51. The average molecular weight is 244 g/mol. The zero-order chi connectivity index (χ0) is 12.9. The smallest absolute Gasteiger partial charge is 0.329 e. The maximum Gasteiger partial charge on any atom is 0.329 e. The summed E-state index contributed by atoms with van der Waals surface area (Å²) in [5.74, 6) is -1.63. The molecule has 1 aliphatic rings. The van der Waals surface area contributed by atoms with E-state index < -0.39 is 23.5 Å². The number of amides is 2. The van der Waals surface area contributed by atoms with Gasteiger partial charge in [-0.15, -0.1) is 0 Å². The molecule has 7 nitrogen and oxygen atoms in total. The van der Waals surface area contributed by atoms with E-state index in [1.807, 2.05) is 0 Å². The third kappa shape index (κ3) is 3.33. The lowest BCUT2D eigenvalue weighted by atomic mass is 9.98. The summed E-state index contributed by atoms with van der Waals surface area (Å²) in [4.78, 5) is 33.3. The molecule has 96 valence electrons. The predicted octanol–water partition coefficient (Wildman–Crippen LogP) is -0.144. The lowest BCUT2D eigenvalue weighted by Crippen LogP contribution is -2.56. The van der Waals surface area contributed by atoms with Crippen LogP contribution in [0.3, 0.4) is 0 Å². The van der Waals surface area contributed by atoms with E-state index in [0.29, 0.717) is 12.8 Å². The molecule has 0 aromatic heterocycles. The van der Waals surface area contributed by atoms with Crippen molar-refractivity contribution in [3.8, 4) is 0 Å². The number of ether oxygens (including phenoxy) is 1. The number of carboxylic acid groups (broad SMARTS) is 1. The molecule has 1 fully saturated rings. The lowest BCUT2D eigenvalue weighted by molar-refractivity contribution is -0.144. The minimum Gasteiger partial charge on any atom is -0.480 e. The van der Waals surface area contributed by atoms with Crippen LogP contribution in [0.25, 0.3) is 0 Å². The van der Waals surface area contributed by atoms with Gasteiger partial charge in [0.05, 0.1) is 7.11 Å². The van der Waals surface area contributed by atoms with Gasteiger partial charge in [-0.25, -0.2) is 9.59 Å². The Morgan fingerprint density at radius 2 is 1.88 bits per heavy atom. The monoisotopic (exact) mass is 244 g/mol. The summed E-state index contributed by atoms with van der Waals surface area (Å²) in [6.07, 6.45) is 2.36. The average Bonchev–Trinajstić information content (AvgIpc) is 2.75. The van der Waals surface area contributed by atoms with E-state index in [9.17, 15) is 14.4 Å². The molecule has 1 rings (SSSR count). The third-order valence-electron chi connectivity index (χ3n) is 2.84. The highest BCUT2D eigenvalue weighted by Crippen LogP contribution is 2.29. The highest BCUT2D eigenvalue weighted by atomic mass is 16.5. The molecular formula is C10H16N2O5. The highest BCUT2D eigenvalue weighted by molar-refractivity contribution is 5.88. The molecule has 7 heteroatoms. The van der Waals surface area contributed by atoms with Crippen molar-refractivity contribution in [3.05, 3.63) is 0 Å². The number of nitrogens with one attached hydrogen (secondary N) is 2. The summed E-state index contributed by atoms with van der Waals surface area (Å²) in [6, 6.07) is -0.667. The van der Waals surface area contributed by atoms with Crippen LogP contribution in [-0.4, -0.2) is 42.3 Å². The predicted molar refractivity (Wildman–Crippen MR) is 57.4 cm³/mol. The zero-order valence-corrected chi connectivity index (χ0v) is 9.62. The fourth-order valence-electron chi connectivity index (χ4n) is 1.86. The Bertz CT molecular complexity index is 323. The molecule has 2 amide bonds. The third-order valence-corrected chi connectivity index (χ3v) is 2.84. The minimum absolute atomic E-state index is 0.280. The molecule has 0 aromatic rings. The van der Waals surface area contributed by atoms with E-state index >= 15 is 0 Å². The molecular weight excluding hydrogens is 228 g/mol. The van der Waals surface area contributed by atoms with Crippen LogP contribution >= 0.6 is 0 Å². The number of aliphatic carboxylic acids is 1. The quantitative estimate of drug-likeness (QED) is 0.597. The molecule has 0 aromatic carbocycles. The molecule has 3 N–H and O–H groups in total. The van der Waals surface area contributed by atoms with Gasteiger partial charge < -0.3 is 20.5 Å². The van der Waals surface area contributed by atoms with Crippen LogP contribution in [0.4, 0.5) is 4.79 Å². The number of urea groups is 1. The van der Waals surface area contributed by atoms with Crippen molar-refractivity contribution >= 4 is 18.0 Å². The van der Waals surface area contributed by atoms with Gasteiger partial charge in [-0.05, 0) is 12.8 Å². The van der Waals surface area contributed by atoms with Crippen molar-refractivity contribution in [2.45, 2.75) is 31.2 Å². The fraction of sp³-hybridized carbons (Fsp3) is 0.700. The lowest BCUT2D eigenvalue weighted by Gasteiger charge is -2.25. The Labute approximate surface area is 98.5 Å². The Morgan fingerprint density at radius 1 is 1.29 bits per heavy atom. The molecule has 0 atom stereocenters. The number of methoxy groups -OCH3 is 1. The highest BCUT2D eigenvalue weighted by Gasteiger charge is 2.42. The van der Waals surface area contributed by atoms with Crippen molar-refractivity contribution in [1.29, 1.82) is 0 Å². The van der Waals surface area contributed by atoms with Gasteiger partial charge in [-0.1, -0.05) is 12.8 Å². The zero-order valence-electron chi connectivity index (χ0n) is 9.62. The molecule has 0 unspecified atom stereocenters. The van der Waals surface area contributed by atoms with E-state index in [0.717, 1.165) is 12.8 Å². The van der Waals surface area contributed by atoms with E-state index in [1.54, 1.807) is 0 Å². The summed E-state index contributed by atoms with van der Waals surface area (Å²) < 4.78 is 4.35. The molecule has 0 aliphatic heterocycles. The number of carbonyl (C=O) groups excluding carboxylic acids is 2. The van der Waals surface area contributed by atoms with Crippen molar-refractivity contribution in [2.24, 2.45) is 0 Å². The first-order chi connectivity index (χ1) is 8.00.